The summed E-state index contributed by atoms with van der Waals surface area (Å²) in [5.74, 6) is -0.344. The first-order valence-corrected chi connectivity index (χ1v) is 11.2. The van der Waals surface area contributed by atoms with E-state index in [1.165, 1.54) is 16.8 Å². The Balaban J connectivity index is 1.97. The van der Waals surface area contributed by atoms with Gasteiger partial charge in [0.2, 0.25) is 0 Å². The summed E-state index contributed by atoms with van der Waals surface area (Å²) in [4.78, 5) is 12.6. The Hall–Kier alpha value is -2.33. The number of primary amides is 1. The lowest BCUT2D eigenvalue weighted by Crippen LogP contribution is -2.15. The summed E-state index contributed by atoms with van der Waals surface area (Å²) in [7, 11) is 0. The molecule has 1 heterocycles. The number of hydrogen-bond donors (Lipinski definition) is 1. The standard InChI is InChI=1S/C25H27BrN2O/c1-3-4-9-22-24(18-10-13-19(26)14-11-18)23(25(27)29)16(2)28(22)21-15-12-17-7-5-6-8-20(17)21/h5-8,10-11,13-14,21H,3-4,9,12,15H2,1-2H3,(H2,27,29). The van der Waals surface area contributed by atoms with E-state index in [0.717, 1.165) is 53.4 Å². The molecular weight excluding hydrogens is 424 g/mol. The second-order valence-electron chi connectivity index (χ2n) is 7.88. The van der Waals surface area contributed by atoms with Crippen molar-refractivity contribution >= 4 is 21.8 Å². The average molecular weight is 451 g/mol. The minimum atomic E-state index is -0.344. The zero-order valence-electron chi connectivity index (χ0n) is 17.0. The number of aryl methyl sites for hydroxylation is 1. The highest BCUT2D eigenvalue weighted by Crippen LogP contribution is 2.42. The molecule has 0 fully saturated rings. The minimum Gasteiger partial charge on any atom is -0.366 e. The van der Waals surface area contributed by atoms with Crippen LogP contribution in [0.3, 0.4) is 0 Å². The van der Waals surface area contributed by atoms with Crippen molar-refractivity contribution in [3.05, 3.63) is 81.1 Å². The highest BCUT2D eigenvalue weighted by atomic mass is 79.9. The number of rotatable bonds is 6. The van der Waals surface area contributed by atoms with Crippen LogP contribution in [0.25, 0.3) is 11.1 Å². The number of fused-ring (bicyclic) bond motifs is 1. The van der Waals surface area contributed by atoms with Gasteiger partial charge in [-0.15, -0.1) is 0 Å². The van der Waals surface area contributed by atoms with Crippen molar-refractivity contribution in [3.63, 3.8) is 0 Å². The van der Waals surface area contributed by atoms with Gasteiger partial charge in [0, 0.05) is 21.4 Å². The van der Waals surface area contributed by atoms with Crippen molar-refractivity contribution < 1.29 is 4.79 Å². The monoisotopic (exact) mass is 450 g/mol. The Bertz CT molecular complexity index is 1050. The maximum Gasteiger partial charge on any atom is 0.251 e. The molecule has 150 valence electrons. The zero-order valence-corrected chi connectivity index (χ0v) is 18.6. The van der Waals surface area contributed by atoms with Crippen molar-refractivity contribution in [2.75, 3.05) is 0 Å². The molecule has 2 aromatic carbocycles. The van der Waals surface area contributed by atoms with E-state index in [-0.39, 0.29) is 11.9 Å². The van der Waals surface area contributed by atoms with E-state index in [1.807, 2.05) is 12.1 Å². The third kappa shape index (κ3) is 3.55. The second-order valence-corrected chi connectivity index (χ2v) is 8.80. The number of unbranched alkanes of at least 4 members (excludes halogenated alkanes) is 1. The first kappa shape index (κ1) is 20.0. The molecule has 4 rings (SSSR count). The summed E-state index contributed by atoms with van der Waals surface area (Å²) in [5, 5.41) is 0. The van der Waals surface area contributed by atoms with E-state index in [4.69, 9.17) is 5.73 Å². The number of carbonyl (C=O) groups is 1. The maximum absolute atomic E-state index is 12.6. The van der Waals surface area contributed by atoms with E-state index in [9.17, 15) is 4.79 Å². The fourth-order valence-electron chi connectivity index (χ4n) is 4.81. The summed E-state index contributed by atoms with van der Waals surface area (Å²) < 4.78 is 3.44. The van der Waals surface area contributed by atoms with Crippen molar-refractivity contribution in [1.82, 2.24) is 4.57 Å². The average Bonchev–Trinajstić information content (AvgIpc) is 3.25. The van der Waals surface area contributed by atoms with Crippen LogP contribution in [-0.4, -0.2) is 10.5 Å². The first-order valence-electron chi connectivity index (χ1n) is 10.4. The number of amides is 1. The molecule has 4 heteroatoms. The molecule has 0 saturated carbocycles. The quantitative estimate of drug-likeness (QED) is 0.476. The van der Waals surface area contributed by atoms with E-state index in [0.29, 0.717) is 5.56 Å². The molecule has 0 saturated heterocycles. The predicted octanol–water partition coefficient (Wildman–Crippen LogP) is 6.20. The molecule has 0 aliphatic heterocycles. The second kappa shape index (κ2) is 8.19. The van der Waals surface area contributed by atoms with Crippen LogP contribution in [0.5, 0.6) is 0 Å². The smallest absolute Gasteiger partial charge is 0.251 e. The van der Waals surface area contributed by atoms with Crippen molar-refractivity contribution in [2.24, 2.45) is 5.73 Å². The van der Waals surface area contributed by atoms with Gasteiger partial charge in [-0.25, -0.2) is 0 Å². The number of aromatic nitrogens is 1. The van der Waals surface area contributed by atoms with E-state index in [2.05, 4.69) is 70.7 Å². The van der Waals surface area contributed by atoms with Gasteiger partial charge in [-0.1, -0.05) is 65.7 Å². The van der Waals surface area contributed by atoms with Crippen LogP contribution in [0, 0.1) is 6.92 Å². The van der Waals surface area contributed by atoms with Crippen LogP contribution in [0.15, 0.2) is 53.0 Å². The molecule has 29 heavy (non-hydrogen) atoms. The zero-order chi connectivity index (χ0) is 20.5. The van der Waals surface area contributed by atoms with Gasteiger partial charge in [-0.2, -0.15) is 0 Å². The van der Waals surface area contributed by atoms with Crippen molar-refractivity contribution in [1.29, 1.82) is 0 Å². The normalized spacial score (nSPS) is 15.5. The Morgan fingerprint density at radius 3 is 2.59 bits per heavy atom. The molecule has 1 aliphatic carbocycles. The lowest BCUT2D eigenvalue weighted by atomic mass is 9.97. The molecule has 3 nitrogen and oxygen atoms in total. The van der Waals surface area contributed by atoms with Crippen LogP contribution in [0.2, 0.25) is 0 Å². The molecule has 1 unspecified atom stereocenters. The molecule has 1 aliphatic rings. The van der Waals surface area contributed by atoms with Gasteiger partial charge in [-0.05, 0) is 61.4 Å². The third-order valence-electron chi connectivity index (χ3n) is 6.11. The van der Waals surface area contributed by atoms with Crippen LogP contribution in [0.4, 0.5) is 0 Å². The highest BCUT2D eigenvalue weighted by Gasteiger charge is 2.31. The van der Waals surface area contributed by atoms with Crippen molar-refractivity contribution in [3.8, 4) is 11.1 Å². The SMILES string of the molecule is CCCCc1c(-c2ccc(Br)cc2)c(C(N)=O)c(C)n1C1CCc2ccccc21. The summed E-state index contributed by atoms with van der Waals surface area (Å²) in [6.07, 6.45) is 5.27. The summed E-state index contributed by atoms with van der Waals surface area (Å²) >= 11 is 3.52. The molecular formula is C25H27BrN2O. The number of benzene rings is 2. The fraction of sp³-hybridized carbons (Fsp3) is 0.320. The number of carbonyl (C=O) groups excluding carboxylic acids is 1. The predicted molar refractivity (Wildman–Crippen MR) is 122 cm³/mol. The first-order chi connectivity index (χ1) is 14.0. The molecule has 0 bridgehead atoms. The van der Waals surface area contributed by atoms with Crippen LogP contribution >= 0.6 is 15.9 Å². The molecule has 1 aromatic heterocycles. The Morgan fingerprint density at radius 1 is 1.17 bits per heavy atom. The Kier molecular flexibility index (Phi) is 5.64. The number of nitrogens with zero attached hydrogens (tertiary/aromatic N) is 1. The lowest BCUT2D eigenvalue weighted by Gasteiger charge is -2.21. The number of halogens is 1. The molecule has 2 N–H and O–H groups in total. The molecule has 0 radical (unpaired) electrons. The Morgan fingerprint density at radius 2 is 1.90 bits per heavy atom. The van der Waals surface area contributed by atoms with E-state index < -0.39 is 0 Å². The largest absolute Gasteiger partial charge is 0.366 e. The summed E-state index contributed by atoms with van der Waals surface area (Å²) in [6.45, 7) is 4.26. The van der Waals surface area contributed by atoms with Crippen LogP contribution in [-0.2, 0) is 12.8 Å². The fourth-order valence-corrected chi connectivity index (χ4v) is 5.08. The number of nitrogens with two attached hydrogens (primary N) is 1. The van der Waals surface area contributed by atoms with Crippen LogP contribution < -0.4 is 5.73 Å². The molecule has 1 amide bonds. The molecule has 3 aromatic rings. The maximum atomic E-state index is 12.6. The van der Waals surface area contributed by atoms with Gasteiger partial charge in [0.05, 0.1) is 11.6 Å². The van der Waals surface area contributed by atoms with E-state index in [1.54, 1.807) is 0 Å². The van der Waals surface area contributed by atoms with Gasteiger partial charge < -0.3 is 10.3 Å². The number of hydrogen-bond acceptors (Lipinski definition) is 1. The van der Waals surface area contributed by atoms with Gasteiger partial charge in [0.1, 0.15) is 0 Å². The van der Waals surface area contributed by atoms with E-state index >= 15 is 0 Å². The van der Waals surface area contributed by atoms with Gasteiger partial charge in [0.25, 0.3) is 5.91 Å². The highest BCUT2D eigenvalue weighted by molar-refractivity contribution is 9.10. The van der Waals surface area contributed by atoms with Gasteiger partial charge >= 0.3 is 0 Å². The molecule has 1 atom stereocenters. The third-order valence-corrected chi connectivity index (χ3v) is 6.64. The molecule has 0 spiro atoms. The Labute approximate surface area is 181 Å². The summed E-state index contributed by atoms with van der Waals surface area (Å²) in [5.41, 5.74) is 13.7. The van der Waals surface area contributed by atoms with Crippen molar-refractivity contribution in [2.45, 2.75) is 52.0 Å². The topological polar surface area (TPSA) is 48.0 Å². The van der Waals surface area contributed by atoms with Gasteiger partial charge in [-0.3, -0.25) is 4.79 Å². The minimum absolute atomic E-state index is 0.264. The van der Waals surface area contributed by atoms with Gasteiger partial charge in [0.15, 0.2) is 0 Å². The summed E-state index contributed by atoms with van der Waals surface area (Å²) in [6, 6.07) is 17.2. The van der Waals surface area contributed by atoms with Crippen LogP contribution in [0.1, 0.15) is 65.1 Å². The lowest BCUT2D eigenvalue weighted by molar-refractivity contribution is 0.1000.